The lowest BCUT2D eigenvalue weighted by Crippen LogP contribution is -1.86. The van der Waals surface area contributed by atoms with Gasteiger partial charge in [0.05, 0.1) is 4.88 Å². The van der Waals surface area contributed by atoms with Crippen LogP contribution in [-0.2, 0) is 0 Å². The molecule has 1 aromatic carbocycles. The number of benzene rings is 1. The van der Waals surface area contributed by atoms with Crippen LogP contribution in [0.5, 0.6) is 0 Å². The first-order valence-corrected chi connectivity index (χ1v) is 5.48. The van der Waals surface area contributed by atoms with Crippen LogP contribution in [0.15, 0.2) is 29.6 Å². The van der Waals surface area contributed by atoms with Crippen molar-refractivity contribution in [3.63, 3.8) is 0 Å². The number of carbonyl (C=O) groups is 1. The SMILES string of the molecule is Cc1cc(N)cc(-c2csc(C=O)c2)c1. The number of nitrogens with two attached hydrogens (primary N) is 1. The van der Waals surface area contributed by atoms with Crippen LogP contribution in [0.3, 0.4) is 0 Å². The van der Waals surface area contributed by atoms with Crippen LogP contribution in [0.2, 0.25) is 0 Å². The number of carbonyl (C=O) groups excluding carboxylic acids is 1. The molecule has 0 aliphatic heterocycles. The zero-order valence-corrected chi connectivity index (χ0v) is 9.17. The third kappa shape index (κ3) is 2.07. The summed E-state index contributed by atoms with van der Waals surface area (Å²) in [6.45, 7) is 2.01. The van der Waals surface area contributed by atoms with Gasteiger partial charge in [0.25, 0.3) is 0 Å². The normalized spacial score (nSPS) is 10.2. The van der Waals surface area contributed by atoms with Gasteiger partial charge in [-0.3, -0.25) is 4.79 Å². The van der Waals surface area contributed by atoms with E-state index in [9.17, 15) is 4.79 Å². The molecule has 0 unspecified atom stereocenters. The van der Waals surface area contributed by atoms with E-state index in [-0.39, 0.29) is 0 Å². The first kappa shape index (κ1) is 9.93. The fourth-order valence-corrected chi connectivity index (χ4v) is 2.26. The van der Waals surface area contributed by atoms with Crippen LogP contribution < -0.4 is 5.73 Å². The van der Waals surface area contributed by atoms with Crippen molar-refractivity contribution >= 4 is 23.3 Å². The van der Waals surface area contributed by atoms with Crippen LogP contribution >= 0.6 is 11.3 Å². The minimum atomic E-state index is 0.741. The Morgan fingerprint density at radius 2 is 2.00 bits per heavy atom. The van der Waals surface area contributed by atoms with Crippen molar-refractivity contribution in [2.24, 2.45) is 0 Å². The molecule has 0 saturated carbocycles. The third-order valence-corrected chi connectivity index (χ3v) is 3.03. The summed E-state index contributed by atoms with van der Waals surface area (Å²) in [5.41, 5.74) is 9.77. The lowest BCUT2D eigenvalue weighted by atomic mass is 10.1. The molecule has 2 aromatic rings. The van der Waals surface area contributed by atoms with Crippen molar-refractivity contribution in [3.8, 4) is 11.1 Å². The monoisotopic (exact) mass is 217 g/mol. The molecule has 0 fully saturated rings. The largest absolute Gasteiger partial charge is 0.399 e. The molecule has 1 aromatic heterocycles. The Bertz CT molecular complexity index is 482. The number of nitrogen functional groups attached to an aromatic ring is 1. The second-order valence-corrected chi connectivity index (χ2v) is 4.43. The average Bonchev–Trinajstić information content (AvgIpc) is 2.64. The fraction of sp³-hybridized carbons (Fsp3) is 0.0833. The van der Waals surface area contributed by atoms with Crippen LogP contribution in [0.1, 0.15) is 15.2 Å². The molecular weight excluding hydrogens is 206 g/mol. The van der Waals surface area contributed by atoms with Crippen molar-refractivity contribution in [1.82, 2.24) is 0 Å². The third-order valence-electron chi connectivity index (χ3n) is 2.17. The molecule has 2 rings (SSSR count). The van der Waals surface area contributed by atoms with Gasteiger partial charge in [0.15, 0.2) is 6.29 Å². The Labute approximate surface area is 92.4 Å². The van der Waals surface area contributed by atoms with E-state index in [1.54, 1.807) is 0 Å². The number of aldehydes is 1. The van der Waals surface area contributed by atoms with Crippen LogP contribution in [-0.4, -0.2) is 6.29 Å². The van der Waals surface area contributed by atoms with Gasteiger partial charge in [-0.2, -0.15) is 0 Å². The van der Waals surface area contributed by atoms with E-state index >= 15 is 0 Å². The zero-order chi connectivity index (χ0) is 10.8. The highest BCUT2D eigenvalue weighted by Gasteiger charge is 2.03. The molecule has 1 heterocycles. The number of hydrogen-bond acceptors (Lipinski definition) is 3. The maximum Gasteiger partial charge on any atom is 0.160 e. The van der Waals surface area contributed by atoms with Gasteiger partial charge >= 0.3 is 0 Å². The Kier molecular flexibility index (Phi) is 2.56. The summed E-state index contributed by atoms with van der Waals surface area (Å²) < 4.78 is 0. The molecule has 2 N–H and O–H groups in total. The Balaban J connectivity index is 2.48. The molecule has 0 aliphatic rings. The molecule has 3 heteroatoms. The van der Waals surface area contributed by atoms with Gasteiger partial charge in [-0.25, -0.2) is 0 Å². The van der Waals surface area contributed by atoms with Gasteiger partial charge in [-0.15, -0.1) is 11.3 Å². The molecule has 76 valence electrons. The van der Waals surface area contributed by atoms with E-state index in [0.717, 1.165) is 33.5 Å². The summed E-state index contributed by atoms with van der Waals surface area (Å²) in [7, 11) is 0. The molecule has 0 spiro atoms. The Hall–Kier alpha value is -1.61. The minimum absolute atomic E-state index is 0.741. The maximum atomic E-state index is 10.6. The van der Waals surface area contributed by atoms with Gasteiger partial charge in [0.2, 0.25) is 0 Å². The van der Waals surface area contributed by atoms with Gasteiger partial charge in [-0.1, -0.05) is 6.07 Å². The number of hydrogen-bond donors (Lipinski definition) is 1. The lowest BCUT2D eigenvalue weighted by molar-refractivity contribution is 0.112. The molecule has 0 atom stereocenters. The highest BCUT2D eigenvalue weighted by molar-refractivity contribution is 7.12. The quantitative estimate of drug-likeness (QED) is 0.620. The van der Waals surface area contributed by atoms with Crippen molar-refractivity contribution < 1.29 is 4.79 Å². The Morgan fingerprint density at radius 3 is 2.60 bits per heavy atom. The molecule has 15 heavy (non-hydrogen) atoms. The van der Waals surface area contributed by atoms with Gasteiger partial charge in [-0.05, 0) is 47.2 Å². The van der Waals surface area contributed by atoms with E-state index in [4.69, 9.17) is 5.73 Å². The highest BCUT2D eigenvalue weighted by atomic mass is 32.1. The molecule has 0 bridgehead atoms. The first-order chi connectivity index (χ1) is 7.19. The van der Waals surface area contributed by atoms with Crippen molar-refractivity contribution in [1.29, 1.82) is 0 Å². The van der Waals surface area contributed by atoms with Gasteiger partial charge < -0.3 is 5.73 Å². The smallest absolute Gasteiger partial charge is 0.160 e. The van der Waals surface area contributed by atoms with Crippen LogP contribution in [0.4, 0.5) is 5.69 Å². The topological polar surface area (TPSA) is 43.1 Å². The van der Waals surface area contributed by atoms with E-state index in [1.807, 2.05) is 30.5 Å². The molecule has 0 saturated heterocycles. The Morgan fingerprint density at radius 1 is 1.20 bits per heavy atom. The predicted octanol–water partition coefficient (Wildman–Crippen LogP) is 3.12. The summed E-state index contributed by atoms with van der Waals surface area (Å²) in [6, 6.07) is 7.79. The molecule has 0 amide bonds. The summed E-state index contributed by atoms with van der Waals surface area (Å²) in [6.07, 6.45) is 0.868. The number of aryl methyl sites for hydroxylation is 1. The highest BCUT2D eigenvalue weighted by Crippen LogP contribution is 2.27. The van der Waals surface area contributed by atoms with Crippen LogP contribution in [0.25, 0.3) is 11.1 Å². The lowest BCUT2D eigenvalue weighted by Gasteiger charge is -2.02. The summed E-state index contributed by atoms with van der Waals surface area (Å²) in [4.78, 5) is 11.3. The summed E-state index contributed by atoms with van der Waals surface area (Å²) >= 11 is 1.45. The second kappa shape index (κ2) is 3.87. The standard InChI is InChI=1S/C12H11NOS/c1-8-2-9(4-11(13)3-8)10-5-12(6-14)15-7-10/h2-7H,13H2,1H3. The van der Waals surface area contributed by atoms with E-state index in [0.29, 0.717) is 0 Å². The van der Waals surface area contributed by atoms with Gasteiger partial charge in [0, 0.05) is 5.69 Å². The van der Waals surface area contributed by atoms with E-state index in [2.05, 4.69) is 6.07 Å². The van der Waals surface area contributed by atoms with E-state index in [1.165, 1.54) is 11.3 Å². The van der Waals surface area contributed by atoms with Crippen molar-refractivity contribution in [3.05, 3.63) is 40.1 Å². The maximum absolute atomic E-state index is 10.6. The number of anilines is 1. The fourth-order valence-electron chi connectivity index (χ4n) is 1.55. The van der Waals surface area contributed by atoms with Crippen LogP contribution in [0, 0.1) is 6.92 Å². The number of thiophene rings is 1. The number of rotatable bonds is 2. The van der Waals surface area contributed by atoms with Crippen molar-refractivity contribution in [2.45, 2.75) is 6.92 Å². The van der Waals surface area contributed by atoms with E-state index < -0.39 is 0 Å². The van der Waals surface area contributed by atoms with Crippen molar-refractivity contribution in [2.75, 3.05) is 5.73 Å². The first-order valence-electron chi connectivity index (χ1n) is 4.60. The molecule has 2 nitrogen and oxygen atoms in total. The average molecular weight is 217 g/mol. The van der Waals surface area contributed by atoms with Gasteiger partial charge in [0.1, 0.15) is 0 Å². The zero-order valence-electron chi connectivity index (χ0n) is 8.36. The second-order valence-electron chi connectivity index (χ2n) is 3.49. The minimum Gasteiger partial charge on any atom is -0.399 e. The molecule has 0 radical (unpaired) electrons. The molecular formula is C12H11NOS. The predicted molar refractivity (Wildman–Crippen MR) is 64.3 cm³/mol. The summed E-state index contributed by atoms with van der Waals surface area (Å²) in [5, 5.41) is 1.97. The molecule has 0 aliphatic carbocycles. The summed E-state index contributed by atoms with van der Waals surface area (Å²) in [5.74, 6) is 0.